The predicted octanol–water partition coefficient (Wildman–Crippen LogP) is -3.73. The summed E-state index contributed by atoms with van der Waals surface area (Å²) in [6, 6.07) is 0. The van der Waals surface area contributed by atoms with Crippen molar-refractivity contribution >= 4 is 7.82 Å². The van der Waals surface area contributed by atoms with Crippen molar-refractivity contribution in [2.75, 3.05) is 6.61 Å². The van der Waals surface area contributed by atoms with Gasteiger partial charge in [-0.3, -0.25) is 0 Å². The highest BCUT2D eigenvalue weighted by Crippen LogP contribution is 2.77. The third kappa shape index (κ3) is 1.04. The predicted molar refractivity (Wildman–Crippen MR) is 44.8 cm³/mol. The van der Waals surface area contributed by atoms with Crippen LogP contribution in [0.2, 0.25) is 0 Å². The molecular weight excluding hydrogens is 279 g/mol. The Hall–Kier alpha value is -0.170. The zero-order valence-corrected chi connectivity index (χ0v) is 9.35. The molecular formula is C6H9O11P. The van der Waals surface area contributed by atoms with Gasteiger partial charge in [0.15, 0.2) is 0 Å². The maximum absolute atomic E-state index is 11.7. The van der Waals surface area contributed by atoms with Crippen molar-refractivity contribution in [1.29, 1.82) is 0 Å². The molecule has 18 heavy (non-hydrogen) atoms. The standard InChI is InChI=1S/C6H9O11P/c7-1-2-3(8)4(9)5(10,6(11,12)14-2)17-18(13,15-3)16-4/h2,7-12H,1H2/t2-,3+,4+,5-,18?/m1/s1. The van der Waals surface area contributed by atoms with E-state index in [4.69, 9.17) is 5.11 Å². The van der Waals surface area contributed by atoms with Crippen molar-refractivity contribution in [3.8, 4) is 0 Å². The fraction of sp³-hybridized carbons (Fsp3) is 1.00. The molecule has 0 aromatic heterocycles. The number of phosphoric ester groups is 1. The van der Waals surface area contributed by atoms with Gasteiger partial charge in [-0.25, -0.2) is 18.1 Å². The Morgan fingerprint density at radius 2 is 1.56 bits per heavy atom. The van der Waals surface area contributed by atoms with Crippen molar-refractivity contribution in [3.05, 3.63) is 0 Å². The van der Waals surface area contributed by atoms with E-state index in [0.29, 0.717) is 0 Å². The minimum absolute atomic E-state index is 1.07. The van der Waals surface area contributed by atoms with Crippen LogP contribution >= 0.6 is 7.82 Å². The third-order valence-electron chi connectivity index (χ3n) is 3.03. The van der Waals surface area contributed by atoms with Crippen LogP contribution in [0.3, 0.4) is 0 Å². The van der Waals surface area contributed by atoms with Crippen LogP contribution in [0.15, 0.2) is 0 Å². The molecule has 0 saturated carbocycles. The molecule has 11 nitrogen and oxygen atoms in total. The Labute approximate surface area is 98.3 Å². The number of hydrogen-bond acceptors (Lipinski definition) is 11. The molecule has 0 aliphatic carbocycles. The lowest BCUT2D eigenvalue weighted by Gasteiger charge is -2.54. The minimum Gasteiger partial charge on any atom is -0.393 e. The van der Waals surface area contributed by atoms with Crippen LogP contribution in [0.25, 0.3) is 0 Å². The normalized spacial score (nSPS) is 61.1. The topological polar surface area (TPSA) is 175 Å². The van der Waals surface area contributed by atoms with Crippen molar-refractivity contribution < 1.29 is 53.5 Å². The molecule has 3 aliphatic rings. The summed E-state index contributed by atoms with van der Waals surface area (Å²) in [5.74, 6) is -13.4. The third-order valence-corrected chi connectivity index (χ3v) is 4.51. The highest BCUT2D eigenvalue weighted by molar-refractivity contribution is 7.49. The fourth-order valence-electron chi connectivity index (χ4n) is 2.12. The molecule has 3 aliphatic heterocycles. The highest BCUT2D eigenvalue weighted by atomic mass is 31.2. The van der Waals surface area contributed by atoms with Gasteiger partial charge in [0, 0.05) is 0 Å². The molecule has 3 rings (SSSR count). The summed E-state index contributed by atoms with van der Waals surface area (Å²) in [4.78, 5) is 0. The lowest BCUT2D eigenvalue weighted by atomic mass is 9.87. The van der Waals surface area contributed by atoms with E-state index < -0.39 is 43.9 Å². The quantitative estimate of drug-likeness (QED) is 0.206. The first-order valence-electron chi connectivity index (χ1n) is 4.66. The Kier molecular flexibility index (Phi) is 2.10. The van der Waals surface area contributed by atoms with Gasteiger partial charge in [-0.2, -0.15) is 0 Å². The summed E-state index contributed by atoms with van der Waals surface area (Å²) in [7, 11) is -4.64. The molecule has 0 radical (unpaired) electrons. The van der Waals surface area contributed by atoms with Crippen molar-refractivity contribution in [2.24, 2.45) is 0 Å². The zero-order chi connectivity index (χ0) is 13.6. The summed E-state index contributed by atoms with van der Waals surface area (Å²) in [6.45, 7) is -1.07. The molecule has 5 atom stereocenters. The second kappa shape index (κ2) is 2.95. The van der Waals surface area contributed by atoms with Crippen molar-refractivity contribution in [2.45, 2.75) is 29.4 Å². The second-order valence-corrected chi connectivity index (χ2v) is 5.55. The van der Waals surface area contributed by atoms with E-state index in [2.05, 4.69) is 18.3 Å². The summed E-state index contributed by atoms with van der Waals surface area (Å²) < 4.78 is 29.0. The van der Waals surface area contributed by atoms with Crippen LogP contribution in [0.5, 0.6) is 0 Å². The van der Waals surface area contributed by atoms with E-state index in [1.807, 2.05) is 0 Å². The van der Waals surface area contributed by atoms with Gasteiger partial charge in [0.1, 0.15) is 6.10 Å². The van der Waals surface area contributed by atoms with Crippen LogP contribution in [0.4, 0.5) is 0 Å². The highest BCUT2D eigenvalue weighted by Gasteiger charge is 2.93. The molecule has 0 aromatic carbocycles. The molecule has 1 unspecified atom stereocenters. The first-order chi connectivity index (χ1) is 8.04. The Morgan fingerprint density at radius 3 is 2.06 bits per heavy atom. The van der Waals surface area contributed by atoms with Gasteiger partial charge in [-0.15, -0.1) is 0 Å². The Morgan fingerprint density at radius 1 is 1.00 bits per heavy atom. The zero-order valence-electron chi connectivity index (χ0n) is 8.46. The lowest BCUT2D eigenvalue weighted by Crippen LogP contribution is -2.83. The summed E-state index contributed by atoms with van der Waals surface area (Å²) >= 11 is 0. The fourth-order valence-corrected chi connectivity index (χ4v) is 3.96. The van der Waals surface area contributed by atoms with Gasteiger partial charge >= 0.3 is 19.6 Å². The van der Waals surface area contributed by atoms with E-state index in [1.165, 1.54) is 0 Å². The molecule has 12 heteroatoms. The van der Waals surface area contributed by atoms with Crippen LogP contribution in [-0.2, 0) is 22.9 Å². The maximum atomic E-state index is 11.7. The summed E-state index contributed by atoms with van der Waals surface area (Å²) in [6.07, 6.45) is -1.96. The second-order valence-electron chi connectivity index (χ2n) is 4.10. The average Bonchev–Trinajstić information content (AvgIpc) is 2.55. The van der Waals surface area contributed by atoms with Crippen molar-refractivity contribution in [1.82, 2.24) is 0 Å². The average molecular weight is 288 g/mol. The first-order valence-corrected chi connectivity index (χ1v) is 6.12. The maximum Gasteiger partial charge on any atom is 0.483 e. The van der Waals surface area contributed by atoms with Crippen LogP contribution in [0, 0.1) is 0 Å². The van der Waals surface area contributed by atoms with E-state index in [0.717, 1.165) is 0 Å². The SMILES string of the molecule is O=P12O[C@@]3(O)[C@@](O)(O1)[C@@H](CO)OC(O)(O)[C@]3(O)O2. The van der Waals surface area contributed by atoms with Gasteiger partial charge < -0.3 is 35.4 Å². The monoisotopic (exact) mass is 288 g/mol. The molecule has 0 amide bonds. The molecule has 6 N–H and O–H groups in total. The molecule has 0 spiro atoms. The van der Waals surface area contributed by atoms with E-state index >= 15 is 0 Å². The van der Waals surface area contributed by atoms with Crippen LogP contribution in [0.1, 0.15) is 0 Å². The van der Waals surface area contributed by atoms with Gasteiger partial charge in [0.25, 0.3) is 11.6 Å². The first kappa shape index (κ1) is 12.8. The number of phosphoric acid groups is 1. The summed E-state index contributed by atoms with van der Waals surface area (Å²) in [5, 5.41) is 57.7. The summed E-state index contributed by atoms with van der Waals surface area (Å²) in [5.41, 5.74) is 0. The molecule has 3 fully saturated rings. The number of aliphatic hydroxyl groups excluding tert-OH is 1. The number of ether oxygens (including phenoxy) is 1. The van der Waals surface area contributed by atoms with E-state index in [9.17, 15) is 30.1 Å². The van der Waals surface area contributed by atoms with Crippen molar-refractivity contribution in [3.63, 3.8) is 0 Å². The number of fused-ring (bicyclic) bond motifs is 1. The number of hydrogen-bond donors (Lipinski definition) is 6. The lowest BCUT2D eigenvalue weighted by molar-refractivity contribution is -0.574. The molecule has 104 valence electrons. The molecule has 2 bridgehead atoms. The van der Waals surface area contributed by atoms with Gasteiger partial charge in [-0.1, -0.05) is 0 Å². The van der Waals surface area contributed by atoms with E-state index in [-0.39, 0.29) is 0 Å². The van der Waals surface area contributed by atoms with Crippen LogP contribution < -0.4 is 0 Å². The number of aliphatic hydroxyl groups is 6. The Bertz CT molecular complexity index is 464. The molecule has 3 saturated heterocycles. The smallest absolute Gasteiger partial charge is 0.393 e. The molecule has 0 aromatic rings. The Balaban J connectivity index is 2.23. The minimum atomic E-state index is -4.64. The van der Waals surface area contributed by atoms with Gasteiger partial charge in [-0.05, 0) is 0 Å². The van der Waals surface area contributed by atoms with Crippen LogP contribution in [-0.4, -0.2) is 66.7 Å². The van der Waals surface area contributed by atoms with Gasteiger partial charge in [0.2, 0.25) is 0 Å². The van der Waals surface area contributed by atoms with E-state index in [1.54, 1.807) is 0 Å². The van der Waals surface area contributed by atoms with Gasteiger partial charge in [0.05, 0.1) is 6.61 Å². The number of rotatable bonds is 1. The molecule has 3 heterocycles. The largest absolute Gasteiger partial charge is 0.483 e.